The van der Waals surface area contributed by atoms with Crippen molar-refractivity contribution in [1.29, 1.82) is 0 Å². The summed E-state index contributed by atoms with van der Waals surface area (Å²) in [7, 11) is -3.62. The van der Waals surface area contributed by atoms with Crippen molar-refractivity contribution < 1.29 is 8.42 Å². The van der Waals surface area contributed by atoms with E-state index in [1.807, 2.05) is 12.1 Å². The average molecular weight is 290 g/mol. The van der Waals surface area contributed by atoms with Crippen LogP contribution in [0.3, 0.4) is 0 Å². The van der Waals surface area contributed by atoms with Gasteiger partial charge >= 0.3 is 0 Å². The molecule has 1 aliphatic rings. The molecule has 1 aromatic carbocycles. The van der Waals surface area contributed by atoms with E-state index in [4.69, 9.17) is 5.14 Å². The van der Waals surface area contributed by atoms with E-state index in [9.17, 15) is 8.42 Å². The molecule has 1 aromatic heterocycles. The Hall–Kier alpha value is -1.59. The molecule has 0 spiro atoms. The van der Waals surface area contributed by atoms with Crippen molar-refractivity contribution in [2.24, 2.45) is 5.14 Å². The lowest BCUT2D eigenvalue weighted by molar-refractivity contribution is 0.598. The first kappa shape index (κ1) is 13.4. The van der Waals surface area contributed by atoms with Gasteiger partial charge < -0.3 is 4.57 Å². The van der Waals surface area contributed by atoms with Gasteiger partial charge in [0.15, 0.2) is 0 Å². The van der Waals surface area contributed by atoms with Crippen molar-refractivity contribution in [2.75, 3.05) is 0 Å². The quantitative estimate of drug-likeness (QED) is 0.922. The van der Waals surface area contributed by atoms with Gasteiger partial charge in [0.1, 0.15) is 0 Å². The second-order valence-electron chi connectivity index (χ2n) is 5.36. The molecule has 2 aromatic rings. The first-order valence-corrected chi connectivity index (χ1v) is 8.26. The fourth-order valence-corrected chi connectivity index (χ4v) is 3.61. The Balaban J connectivity index is 2.13. The molecule has 0 amide bonds. The normalized spacial score (nSPS) is 14.6. The second kappa shape index (κ2) is 4.46. The molecule has 0 saturated heterocycles. The summed E-state index contributed by atoms with van der Waals surface area (Å²) in [5, 5.41) is 5.14. The van der Waals surface area contributed by atoms with Crippen LogP contribution in [0, 0.1) is 13.8 Å². The monoisotopic (exact) mass is 290 g/mol. The Morgan fingerprint density at radius 1 is 1.15 bits per heavy atom. The molecule has 4 nitrogen and oxygen atoms in total. The lowest BCUT2D eigenvalue weighted by Gasteiger charge is -2.05. The van der Waals surface area contributed by atoms with E-state index in [0.717, 1.165) is 18.5 Å². The minimum atomic E-state index is -3.62. The molecular weight excluding hydrogens is 272 g/mol. The molecule has 20 heavy (non-hydrogen) atoms. The number of rotatable bonds is 2. The number of primary sulfonamides is 1. The standard InChI is InChI=1S/C15H18N2O2S/c1-10-11(2)17-9-3-4-14(17)15(10)12-5-7-13(8-6-12)20(16,18)19/h5-8H,3-4,9H2,1-2H3,(H2,16,18,19). The zero-order chi connectivity index (χ0) is 14.5. The van der Waals surface area contributed by atoms with E-state index < -0.39 is 10.0 Å². The Bertz CT molecular complexity index is 771. The molecule has 2 N–H and O–H groups in total. The Kier molecular flexibility index (Phi) is 2.99. The summed E-state index contributed by atoms with van der Waals surface area (Å²) in [6, 6.07) is 6.86. The van der Waals surface area contributed by atoms with Crippen molar-refractivity contribution in [3.05, 3.63) is 41.2 Å². The van der Waals surface area contributed by atoms with E-state index in [0.29, 0.717) is 0 Å². The maximum atomic E-state index is 11.3. The van der Waals surface area contributed by atoms with Gasteiger partial charge in [0, 0.05) is 23.5 Å². The summed E-state index contributed by atoms with van der Waals surface area (Å²) in [4.78, 5) is 0.159. The van der Waals surface area contributed by atoms with Gasteiger partial charge in [0.2, 0.25) is 10.0 Å². The zero-order valence-corrected chi connectivity index (χ0v) is 12.5. The number of aromatic nitrogens is 1. The Morgan fingerprint density at radius 2 is 1.80 bits per heavy atom. The van der Waals surface area contributed by atoms with Gasteiger partial charge in [-0.15, -0.1) is 0 Å². The lowest BCUT2D eigenvalue weighted by atomic mass is 10.00. The molecular formula is C15H18N2O2S. The maximum absolute atomic E-state index is 11.3. The predicted molar refractivity (Wildman–Crippen MR) is 79.0 cm³/mol. The third kappa shape index (κ3) is 1.98. The molecule has 0 saturated carbocycles. The van der Waals surface area contributed by atoms with Gasteiger partial charge in [-0.3, -0.25) is 0 Å². The molecule has 1 aliphatic heterocycles. The fourth-order valence-electron chi connectivity index (χ4n) is 3.10. The molecule has 106 valence electrons. The van der Waals surface area contributed by atoms with Crippen LogP contribution in [-0.4, -0.2) is 13.0 Å². The molecule has 0 aliphatic carbocycles. The van der Waals surface area contributed by atoms with Gasteiger partial charge in [-0.05, 0) is 49.9 Å². The van der Waals surface area contributed by atoms with Gasteiger partial charge in [0.05, 0.1) is 4.90 Å². The largest absolute Gasteiger partial charge is 0.348 e. The van der Waals surface area contributed by atoms with Gasteiger partial charge in [0.25, 0.3) is 0 Å². The molecule has 0 unspecified atom stereocenters. The molecule has 0 fully saturated rings. The van der Waals surface area contributed by atoms with Crippen molar-refractivity contribution in [3.8, 4) is 11.1 Å². The van der Waals surface area contributed by atoms with E-state index in [1.165, 1.54) is 28.9 Å². The minimum absolute atomic E-state index is 0.159. The van der Waals surface area contributed by atoms with Crippen LogP contribution in [0.2, 0.25) is 0 Å². The van der Waals surface area contributed by atoms with Crippen LogP contribution >= 0.6 is 0 Å². The van der Waals surface area contributed by atoms with Crippen LogP contribution in [0.15, 0.2) is 29.2 Å². The second-order valence-corrected chi connectivity index (χ2v) is 6.92. The number of nitrogens with zero attached hydrogens (tertiary/aromatic N) is 1. The van der Waals surface area contributed by atoms with E-state index in [1.54, 1.807) is 12.1 Å². The number of hydrogen-bond donors (Lipinski definition) is 1. The highest BCUT2D eigenvalue weighted by Crippen LogP contribution is 2.36. The van der Waals surface area contributed by atoms with E-state index in [-0.39, 0.29) is 4.90 Å². The van der Waals surface area contributed by atoms with E-state index >= 15 is 0 Å². The molecule has 5 heteroatoms. The number of fused-ring (bicyclic) bond motifs is 1. The summed E-state index contributed by atoms with van der Waals surface area (Å²) in [5.74, 6) is 0. The first-order chi connectivity index (χ1) is 9.39. The van der Waals surface area contributed by atoms with Crippen LogP contribution in [0.5, 0.6) is 0 Å². The van der Waals surface area contributed by atoms with Crippen molar-refractivity contribution in [1.82, 2.24) is 4.57 Å². The highest BCUT2D eigenvalue weighted by atomic mass is 32.2. The van der Waals surface area contributed by atoms with Crippen molar-refractivity contribution >= 4 is 10.0 Å². The maximum Gasteiger partial charge on any atom is 0.238 e. The average Bonchev–Trinajstić information content (AvgIpc) is 2.94. The molecule has 3 rings (SSSR count). The third-order valence-electron chi connectivity index (χ3n) is 4.20. The summed E-state index contributed by atoms with van der Waals surface area (Å²) < 4.78 is 25.0. The van der Waals surface area contributed by atoms with Crippen LogP contribution in [-0.2, 0) is 23.0 Å². The van der Waals surface area contributed by atoms with Crippen LogP contribution < -0.4 is 5.14 Å². The predicted octanol–water partition coefficient (Wildman–Crippen LogP) is 2.37. The summed E-state index contributed by atoms with van der Waals surface area (Å²) in [6.45, 7) is 5.35. The van der Waals surface area contributed by atoms with Crippen molar-refractivity contribution in [3.63, 3.8) is 0 Å². The lowest BCUT2D eigenvalue weighted by Crippen LogP contribution is -2.11. The van der Waals surface area contributed by atoms with E-state index in [2.05, 4.69) is 18.4 Å². The number of benzene rings is 1. The highest BCUT2D eigenvalue weighted by molar-refractivity contribution is 7.89. The number of sulfonamides is 1. The zero-order valence-electron chi connectivity index (χ0n) is 11.7. The SMILES string of the molecule is Cc1c(-c2ccc(S(N)(=O)=O)cc2)c2n(c1C)CCC2. The summed E-state index contributed by atoms with van der Waals surface area (Å²) in [5.41, 5.74) is 6.27. The molecule has 0 bridgehead atoms. The third-order valence-corrected chi connectivity index (χ3v) is 5.13. The smallest absolute Gasteiger partial charge is 0.238 e. The summed E-state index contributed by atoms with van der Waals surface area (Å²) in [6.07, 6.45) is 2.26. The van der Waals surface area contributed by atoms with Gasteiger partial charge in [-0.1, -0.05) is 12.1 Å². The first-order valence-electron chi connectivity index (χ1n) is 6.71. The Morgan fingerprint density at radius 3 is 2.40 bits per heavy atom. The highest BCUT2D eigenvalue weighted by Gasteiger charge is 2.22. The van der Waals surface area contributed by atoms with Crippen molar-refractivity contribution in [2.45, 2.75) is 38.1 Å². The minimum Gasteiger partial charge on any atom is -0.348 e. The van der Waals surface area contributed by atoms with Crippen LogP contribution in [0.4, 0.5) is 0 Å². The number of hydrogen-bond acceptors (Lipinski definition) is 2. The topological polar surface area (TPSA) is 65.1 Å². The van der Waals surface area contributed by atoms with Crippen LogP contribution in [0.1, 0.15) is 23.4 Å². The molecule has 2 heterocycles. The Labute approximate surface area is 119 Å². The number of nitrogens with two attached hydrogens (primary N) is 1. The summed E-state index contributed by atoms with van der Waals surface area (Å²) >= 11 is 0. The molecule has 0 atom stereocenters. The van der Waals surface area contributed by atoms with Gasteiger partial charge in [-0.2, -0.15) is 0 Å². The van der Waals surface area contributed by atoms with Crippen LogP contribution in [0.25, 0.3) is 11.1 Å². The fraction of sp³-hybridized carbons (Fsp3) is 0.333. The van der Waals surface area contributed by atoms with Gasteiger partial charge in [-0.25, -0.2) is 13.6 Å². The molecule has 0 radical (unpaired) electrons.